The number of rotatable bonds is 2. The van der Waals surface area contributed by atoms with Crippen molar-refractivity contribution in [3.8, 4) is 5.75 Å². The fourth-order valence-electron chi connectivity index (χ4n) is 4.39. The van der Waals surface area contributed by atoms with Crippen LogP contribution in [-0.2, 0) is 0 Å². The molecule has 2 bridgehead atoms. The first-order valence-corrected chi connectivity index (χ1v) is 8.94. The summed E-state index contributed by atoms with van der Waals surface area (Å²) in [5.74, 6) is 0.878. The average Bonchev–Trinajstić information content (AvgIpc) is 3.07. The predicted molar refractivity (Wildman–Crippen MR) is 97.0 cm³/mol. The Kier molecular flexibility index (Phi) is 3.25. The van der Waals surface area contributed by atoms with E-state index in [0.717, 1.165) is 23.0 Å². The van der Waals surface area contributed by atoms with Crippen LogP contribution in [0.4, 0.5) is 0 Å². The summed E-state index contributed by atoms with van der Waals surface area (Å²) in [6, 6.07) is 11.4. The minimum atomic E-state index is 0.00868. The Hall–Kier alpha value is -2.53. The van der Waals surface area contributed by atoms with Gasteiger partial charge in [0.15, 0.2) is 0 Å². The summed E-state index contributed by atoms with van der Waals surface area (Å²) in [7, 11) is 0. The predicted octanol–water partition coefficient (Wildman–Crippen LogP) is 2.62. The van der Waals surface area contributed by atoms with Crippen molar-refractivity contribution < 1.29 is 9.90 Å². The molecule has 6 rings (SSSR count). The molecule has 128 valence electrons. The number of nitrogens with zero attached hydrogens (tertiary/aromatic N) is 2. The second-order valence-corrected chi connectivity index (χ2v) is 7.32. The average molecular weight is 335 g/mol. The van der Waals surface area contributed by atoms with Gasteiger partial charge in [0.05, 0.1) is 11.1 Å². The van der Waals surface area contributed by atoms with Crippen molar-refractivity contribution >= 4 is 22.3 Å². The summed E-state index contributed by atoms with van der Waals surface area (Å²) >= 11 is 0. The number of hydrogen-bond acceptors (Lipinski definition) is 3. The molecule has 0 aliphatic carbocycles. The van der Waals surface area contributed by atoms with E-state index in [0.29, 0.717) is 11.5 Å². The molecule has 1 amide bonds. The number of pyridine rings is 1. The van der Waals surface area contributed by atoms with Gasteiger partial charge in [0.2, 0.25) is 0 Å². The van der Waals surface area contributed by atoms with Crippen molar-refractivity contribution in [2.75, 3.05) is 19.6 Å². The second-order valence-electron chi connectivity index (χ2n) is 7.32. The Labute approximate surface area is 145 Å². The number of phenolic OH excluding ortho intramolecular Hbond substituents is 1. The highest BCUT2D eigenvalue weighted by atomic mass is 16.3. The molecule has 2 N–H and O–H groups in total. The van der Waals surface area contributed by atoms with Crippen LogP contribution in [0.15, 0.2) is 42.6 Å². The molecule has 5 heterocycles. The lowest BCUT2D eigenvalue weighted by molar-refractivity contribution is 0.0620. The highest BCUT2D eigenvalue weighted by Crippen LogP contribution is 2.28. The summed E-state index contributed by atoms with van der Waals surface area (Å²) in [5, 5.41) is 13.9. The maximum Gasteiger partial charge on any atom is 0.253 e. The van der Waals surface area contributed by atoms with Gasteiger partial charge in [-0.05, 0) is 62.2 Å². The Bertz CT molecular complexity index is 970. The number of aromatic nitrogens is 1. The van der Waals surface area contributed by atoms with Crippen molar-refractivity contribution in [2.24, 2.45) is 5.92 Å². The number of piperidine rings is 3. The largest absolute Gasteiger partial charge is 0.508 e. The van der Waals surface area contributed by atoms with E-state index >= 15 is 0 Å². The molecule has 3 fully saturated rings. The summed E-state index contributed by atoms with van der Waals surface area (Å²) < 4.78 is 2.01. The van der Waals surface area contributed by atoms with E-state index in [-0.39, 0.29) is 17.7 Å². The molecular weight excluding hydrogens is 314 g/mol. The van der Waals surface area contributed by atoms with Gasteiger partial charge in [-0.25, -0.2) is 0 Å². The Morgan fingerprint density at radius 1 is 1.12 bits per heavy atom. The number of carbonyl (C=O) groups is 1. The molecular formula is C20H21N3O2. The maximum absolute atomic E-state index is 12.8. The number of benzene rings is 1. The van der Waals surface area contributed by atoms with Crippen LogP contribution in [0.5, 0.6) is 5.75 Å². The molecule has 3 saturated heterocycles. The molecule has 3 aliphatic heterocycles. The molecule has 3 aromatic rings. The Morgan fingerprint density at radius 3 is 2.72 bits per heavy atom. The summed E-state index contributed by atoms with van der Waals surface area (Å²) in [4.78, 5) is 15.2. The molecule has 5 heteroatoms. The molecule has 0 saturated carbocycles. The monoisotopic (exact) mass is 335 g/mol. The van der Waals surface area contributed by atoms with Crippen LogP contribution in [0, 0.1) is 5.92 Å². The zero-order valence-electron chi connectivity index (χ0n) is 14.0. The van der Waals surface area contributed by atoms with Gasteiger partial charge in [0.25, 0.3) is 5.91 Å². The van der Waals surface area contributed by atoms with Crippen LogP contribution in [-0.4, -0.2) is 46.0 Å². The molecule has 1 aromatic carbocycles. The van der Waals surface area contributed by atoms with Gasteiger partial charge in [0, 0.05) is 29.7 Å². The fraction of sp³-hybridized carbons (Fsp3) is 0.350. The summed E-state index contributed by atoms with van der Waals surface area (Å²) in [6.45, 7) is 3.32. The number of fused-ring (bicyclic) bond motifs is 6. The van der Waals surface area contributed by atoms with Crippen molar-refractivity contribution in [2.45, 2.75) is 18.9 Å². The van der Waals surface area contributed by atoms with Gasteiger partial charge >= 0.3 is 0 Å². The maximum atomic E-state index is 12.8. The quantitative estimate of drug-likeness (QED) is 0.757. The van der Waals surface area contributed by atoms with Crippen LogP contribution in [0.3, 0.4) is 0 Å². The van der Waals surface area contributed by atoms with Gasteiger partial charge < -0.3 is 19.7 Å². The van der Waals surface area contributed by atoms with Gasteiger partial charge in [-0.1, -0.05) is 6.07 Å². The lowest BCUT2D eigenvalue weighted by Gasteiger charge is -2.44. The zero-order chi connectivity index (χ0) is 17.0. The van der Waals surface area contributed by atoms with E-state index in [9.17, 15) is 9.90 Å². The lowest BCUT2D eigenvalue weighted by atomic mass is 9.84. The molecule has 0 radical (unpaired) electrons. The molecule has 25 heavy (non-hydrogen) atoms. The topological polar surface area (TPSA) is 57.0 Å². The highest BCUT2D eigenvalue weighted by Gasteiger charge is 2.35. The first kappa shape index (κ1) is 14.8. The van der Waals surface area contributed by atoms with Crippen LogP contribution >= 0.6 is 0 Å². The van der Waals surface area contributed by atoms with E-state index in [1.54, 1.807) is 12.1 Å². The van der Waals surface area contributed by atoms with Crippen LogP contribution in [0.25, 0.3) is 16.4 Å². The van der Waals surface area contributed by atoms with Gasteiger partial charge in [-0.2, -0.15) is 0 Å². The lowest BCUT2D eigenvalue weighted by Crippen LogP contribution is -2.57. The van der Waals surface area contributed by atoms with Crippen LogP contribution in [0.2, 0.25) is 0 Å². The van der Waals surface area contributed by atoms with Gasteiger partial charge in [-0.3, -0.25) is 4.79 Å². The molecule has 2 aromatic heterocycles. The van der Waals surface area contributed by atoms with Crippen molar-refractivity contribution in [3.63, 3.8) is 0 Å². The van der Waals surface area contributed by atoms with Crippen LogP contribution in [0.1, 0.15) is 23.2 Å². The molecule has 3 aliphatic rings. The SMILES string of the molecule is O=C(N[C@H]1CN2CCC1CC2)c1cc2ccc3cc(O)ccc3n2c1. The minimum absolute atomic E-state index is 0.00868. The second kappa shape index (κ2) is 5.49. The minimum Gasteiger partial charge on any atom is -0.508 e. The highest BCUT2D eigenvalue weighted by molar-refractivity contribution is 5.97. The third-order valence-corrected chi connectivity index (χ3v) is 5.79. The molecule has 0 spiro atoms. The van der Waals surface area contributed by atoms with Gasteiger partial charge in [0.1, 0.15) is 5.75 Å². The molecule has 1 atom stereocenters. The summed E-state index contributed by atoms with van der Waals surface area (Å²) in [6.07, 6.45) is 4.28. The number of nitrogens with one attached hydrogen (secondary N) is 1. The fourth-order valence-corrected chi connectivity index (χ4v) is 4.39. The van der Waals surface area contributed by atoms with Crippen molar-refractivity contribution in [1.82, 2.24) is 14.6 Å². The third-order valence-electron chi connectivity index (χ3n) is 5.79. The number of carbonyl (C=O) groups excluding carboxylic acids is 1. The normalized spacial score (nSPS) is 25.5. The van der Waals surface area contributed by atoms with Crippen molar-refractivity contribution in [3.05, 3.63) is 48.2 Å². The summed E-state index contributed by atoms with van der Waals surface area (Å²) in [5.41, 5.74) is 2.66. The Morgan fingerprint density at radius 2 is 1.96 bits per heavy atom. The van der Waals surface area contributed by atoms with E-state index in [1.165, 1.54) is 25.9 Å². The van der Waals surface area contributed by atoms with E-state index < -0.39 is 0 Å². The van der Waals surface area contributed by atoms with E-state index in [4.69, 9.17) is 0 Å². The standard InChI is InChI=1S/C20H21N3O2/c24-17-3-4-19-14(10-17)1-2-16-9-15(11-23(16)19)20(25)21-18-12-22-7-5-13(18)6-8-22/h1-4,9-11,13,18,24H,5-8,12H2,(H,21,25)/t18-/m0/s1. The van der Waals surface area contributed by atoms with E-state index in [1.807, 2.05) is 34.9 Å². The third kappa shape index (κ3) is 2.46. The smallest absolute Gasteiger partial charge is 0.253 e. The number of amides is 1. The van der Waals surface area contributed by atoms with Crippen molar-refractivity contribution in [1.29, 1.82) is 0 Å². The first-order valence-electron chi connectivity index (χ1n) is 8.94. The number of hydrogen-bond donors (Lipinski definition) is 2. The first-order chi connectivity index (χ1) is 12.2. The van der Waals surface area contributed by atoms with E-state index in [2.05, 4.69) is 10.2 Å². The number of phenols is 1. The zero-order valence-corrected chi connectivity index (χ0v) is 14.0. The number of aromatic hydroxyl groups is 1. The Balaban J connectivity index is 1.46. The van der Waals surface area contributed by atoms with Gasteiger partial charge in [-0.15, -0.1) is 0 Å². The van der Waals surface area contributed by atoms with Crippen LogP contribution < -0.4 is 5.32 Å². The molecule has 0 unspecified atom stereocenters. The molecule has 5 nitrogen and oxygen atoms in total.